The van der Waals surface area contributed by atoms with E-state index in [0.29, 0.717) is 24.3 Å². The standard InChI is InChI=1S/C21H25NO7/c1-12(22-19(24)14-6-4-5-7-15(14)20(22)25)21(26)29-11-17(23)16-10-13(27-2)8-9-18(16)28-3/h8-10,12,14-15H,4-7,11H2,1-3H3/t12-,14-,15+/m0/s1. The molecule has 2 aliphatic rings. The molecule has 1 aliphatic heterocycles. The Labute approximate surface area is 169 Å². The Morgan fingerprint density at radius 3 is 2.24 bits per heavy atom. The van der Waals surface area contributed by atoms with Gasteiger partial charge >= 0.3 is 5.97 Å². The number of methoxy groups -OCH3 is 2. The van der Waals surface area contributed by atoms with E-state index in [9.17, 15) is 19.2 Å². The molecule has 1 heterocycles. The number of nitrogens with zero attached hydrogens (tertiary/aromatic N) is 1. The minimum atomic E-state index is -1.07. The first-order chi connectivity index (χ1) is 13.9. The van der Waals surface area contributed by atoms with Gasteiger partial charge in [-0.3, -0.25) is 19.3 Å². The number of likely N-dealkylation sites (tertiary alicyclic amines) is 1. The molecule has 1 aliphatic carbocycles. The molecule has 3 rings (SSSR count). The fraction of sp³-hybridized carbons (Fsp3) is 0.524. The Bertz CT molecular complexity index is 810. The molecule has 156 valence electrons. The maximum Gasteiger partial charge on any atom is 0.329 e. The second-order valence-corrected chi connectivity index (χ2v) is 7.32. The van der Waals surface area contributed by atoms with E-state index >= 15 is 0 Å². The van der Waals surface area contributed by atoms with E-state index in [4.69, 9.17) is 14.2 Å². The van der Waals surface area contributed by atoms with Crippen molar-refractivity contribution in [3.63, 3.8) is 0 Å². The summed E-state index contributed by atoms with van der Waals surface area (Å²) < 4.78 is 15.4. The van der Waals surface area contributed by atoms with E-state index < -0.39 is 24.4 Å². The number of Topliss-reactive ketones (excluding diaryl/α,β-unsaturated/α-hetero) is 1. The minimum absolute atomic E-state index is 0.214. The van der Waals surface area contributed by atoms with E-state index in [0.717, 1.165) is 17.7 Å². The summed E-state index contributed by atoms with van der Waals surface area (Å²) in [5.74, 6) is -1.79. The predicted octanol–water partition coefficient (Wildman–Crippen LogP) is 1.99. The van der Waals surface area contributed by atoms with E-state index in [1.807, 2.05) is 0 Å². The topological polar surface area (TPSA) is 99.2 Å². The van der Waals surface area contributed by atoms with Crippen molar-refractivity contribution < 1.29 is 33.4 Å². The minimum Gasteiger partial charge on any atom is -0.497 e. The van der Waals surface area contributed by atoms with Gasteiger partial charge in [0.05, 0.1) is 31.6 Å². The maximum absolute atomic E-state index is 12.6. The van der Waals surface area contributed by atoms with Crippen LogP contribution in [0.25, 0.3) is 0 Å². The smallest absolute Gasteiger partial charge is 0.329 e. The van der Waals surface area contributed by atoms with E-state index in [2.05, 4.69) is 0 Å². The van der Waals surface area contributed by atoms with Crippen molar-refractivity contribution in [2.75, 3.05) is 20.8 Å². The van der Waals surface area contributed by atoms with Crippen LogP contribution in [0.4, 0.5) is 0 Å². The van der Waals surface area contributed by atoms with Crippen LogP contribution in [-0.2, 0) is 19.1 Å². The van der Waals surface area contributed by atoms with Gasteiger partial charge in [0.25, 0.3) is 0 Å². The number of carbonyl (C=O) groups excluding carboxylic acids is 4. The monoisotopic (exact) mass is 403 g/mol. The molecule has 0 spiro atoms. The number of esters is 1. The molecule has 3 atom stereocenters. The lowest BCUT2D eigenvalue weighted by atomic mass is 9.81. The third-order valence-corrected chi connectivity index (χ3v) is 5.66. The lowest BCUT2D eigenvalue weighted by Gasteiger charge is -2.21. The second-order valence-electron chi connectivity index (χ2n) is 7.32. The molecule has 2 fully saturated rings. The third kappa shape index (κ3) is 3.97. The zero-order chi connectivity index (χ0) is 21.1. The predicted molar refractivity (Wildman–Crippen MR) is 102 cm³/mol. The number of benzene rings is 1. The van der Waals surface area contributed by atoms with Crippen molar-refractivity contribution in [2.24, 2.45) is 11.8 Å². The van der Waals surface area contributed by atoms with Gasteiger partial charge in [-0.1, -0.05) is 12.8 Å². The van der Waals surface area contributed by atoms with Gasteiger partial charge in [0.15, 0.2) is 6.61 Å². The van der Waals surface area contributed by atoms with Gasteiger partial charge in [-0.15, -0.1) is 0 Å². The van der Waals surface area contributed by atoms with Crippen LogP contribution in [0.3, 0.4) is 0 Å². The van der Waals surface area contributed by atoms with Crippen LogP contribution in [0, 0.1) is 11.8 Å². The molecule has 1 saturated carbocycles. The molecule has 0 bridgehead atoms. The van der Waals surface area contributed by atoms with Gasteiger partial charge in [-0.2, -0.15) is 0 Å². The van der Waals surface area contributed by atoms with Gasteiger partial charge in [-0.05, 0) is 38.0 Å². The molecule has 8 nitrogen and oxygen atoms in total. The van der Waals surface area contributed by atoms with Crippen molar-refractivity contribution in [3.05, 3.63) is 23.8 Å². The first-order valence-corrected chi connectivity index (χ1v) is 9.67. The summed E-state index contributed by atoms with van der Waals surface area (Å²) in [6.45, 7) is 0.919. The molecular weight excluding hydrogens is 378 g/mol. The van der Waals surface area contributed by atoms with Crippen LogP contribution < -0.4 is 9.47 Å². The Morgan fingerprint density at radius 2 is 1.69 bits per heavy atom. The lowest BCUT2D eigenvalue weighted by Crippen LogP contribution is -2.44. The highest BCUT2D eigenvalue weighted by Crippen LogP contribution is 2.39. The van der Waals surface area contributed by atoms with Gasteiger partial charge in [-0.25, -0.2) is 4.79 Å². The SMILES string of the molecule is COc1ccc(OC)c(C(=O)COC(=O)[C@H](C)N2C(=O)[C@H]3CCCC[C@H]3C2=O)c1. The average Bonchev–Trinajstić information content (AvgIpc) is 3.01. The maximum atomic E-state index is 12.6. The van der Waals surface area contributed by atoms with Gasteiger partial charge in [0.2, 0.25) is 17.6 Å². The molecule has 0 unspecified atom stereocenters. The zero-order valence-corrected chi connectivity index (χ0v) is 16.8. The lowest BCUT2D eigenvalue weighted by molar-refractivity contribution is -0.157. The molecular formula is C21H25NO7. The highest BCUT2D eigenvalue weighted by Gasteiger charge is 2.51. The van der Waals surface area contributed by atoms with Crippen LogP contribution in [-0.4, -0.2) is 55.3 Å². The van der Waals surface area contributed by atoms with Crippen molar-refractivity contribution in [1.82, 2.24) is 4.90 Å². The van der Waals surface area contributed by atoms with Crippen LogP contribution in [0.1, 0.15) is 43.0 Å². The summed E-state index contributed by atoms with van der Waals surface area (Å²) in [6, 6.07) is 3.66. The number of ether oxygens (including phenoxy) is 3. The summed E-state index contributed by atoms with van der Waals surface area (Å²) in [7, 11) is 2.90. The Kier molecular flexibility index (Phi) is 6.20. The highest BCUT2D eigenvalue weighted by atomic mass is 16.5. The Morgan fingerprint density at radius 1 is 1.07 bits per heavy atom. The summed E-state index contributed by atoms with van der Waals surface area (Å²) in [6.07, 6.45) is 3.15. The first kappa shape index (κ1) is 20.8. The number of carbonyl (C=O) groups is 4. The van der Waals surface area contributed by atoms with Crippen molar-refractivity contribution in [3.8, 4) is 11.5 Å². The normalized spacial score (nSPS) is 22.1. The van der Waals surface area contributed by atoms with E-state index in [-0.39, 0.29) is 29.2 Å². The summed E-state index contributed by atoms with van der Waals surface area (Å²) in [5, 5.41) is 0. The molecule has 1 aromatic carbocycles. The number of hydrogen-bond donors (Lipinski definition) is 0. The molecule has 2 amide bonds. The number of imide groups is 1. The van der Waals surface area contributed by atoms with Gasteiger partial charge < -0.3 is 14.2 Å². The largest absolute Gasteiger partial charge is 0.497 e. The van der Waals surface area contributed by atoms with Crippen LogP contribution in [0.15, 0.2) is 18.2 Å². The molecule has 0 aromatic heterocycles. The van der Waals surface area contributed by atoms with Crippen molar-refractivity contribution >= 4 is 23.6 Å². The molecule has 8 heteroatoms. The molecule has 0 N–H and O–H groups in total. The molecule has 0 radical (unpaired) electrons. The number of rotatable bonds is 7. The summed E-state index contributed by atoms with van der Waals surface area (Å²) in [5.41, 5.74) is 0.214. The third-order valence-electron chi connectivity index (χ3n) is 5.66. The fourth-order valence-electron chi connectivity index (χ4n) is 4.04. The summed E-state index contributed by atoms with van der Waals surface area (Å²) >= 11 is 0. The van der Waals surface area contributed by atoms with Crippen LogP contribution in [0.2, 0.25) is 0 Å². The van der Waals surface area contributed by atoms with E-state index in [1.165, 1.54) is 27.2 Å². The molecule has 1 aromatic rings. The van der Waals surface area contributed by atoms with Gasteiger partial charge in [0, 0.05) is 0 Å². The van der Waals surface area contributed by atoms with E-state index in [1.54, 1.807) is 12.1 Å². The average molecular weight is 403 g/mol. The fourth-order valence-corrected chi connectivity index (χ4v) is 4.04. The number of ketones is 1. The van der Waals surface area contributed by atoms with Crippen LogP contribution >= 0.6 is 0 Å². The number of hydrogen-bond acceptors (Lipinski definition) is 7. The number of amides is 2. The van der Waals surface area contributed by atoms with Crippen molar-refractivity contribution in [2.45, 2.75) is 38.6 Å². The first-order valence-electron chi connectivity index (χ1n) is 9.67. The molecule has 1 saturated heterocycles. The highest BCUT2D eigenvalue weighted by molar-refractivity contribution is 6.08. The quantitative estimate of drug-likeness (QED) is 0.390. The number of fused-ring (bicyclic) bond motifs is 1. The van der Waals surface area contributed by atoms with Crippen LogP contribution in [0.5, 0.6) is 11.5 Å². The second kappa shape index (κ2) is 8.63. The Hall–Kier alpha value is -2.90. The van der Waals surface area contributed by atoms with Crippen molar-refractivity contribution in [1.29, 1.82) is 0 Å². The molecule has 29 heavy (non-hydrogen) atoms. The summed E-state index contributed by atoms with van der Waals surface area (Å²) in [4.78, 5) is 51.2. The van der Waals surface area contributed by atoms with Gasteiger partial charge in [0.1, 0.15) is 17.5 Å². The Balaban J connectivity index is 1.65. The zero-order valence-electron chi connectivity index (χ0n) is 16.8.